The number of hydrogen-bond donors (Lipinski definition) is 1. The molecule has 1 aliphatic carbocycles. The number of anilines is 1. The SMILES string of the molecule is CCOc1cc([C@@H](CS(C)(=O)=O)N2Cc3c([SiH3])ccc(NC(=O)C4CC4)c3C2=O)ccc1OC. The number of carbonyl (C=O) groups is 2. The molecule has 4 rings (SSSR count). The van der Waals surface area contributed by atoms with Crippen LogP contribution in [0.15, 0.2) is 30.3 Å². The molecule has 1 N–H and O–H groups in total. The van der Waals surface area contributed by atoms with E-state index in [1.165, 1.54) is 13.4 Å². The van der Waals surface area contributed by atoms with Gasteiger partial charge in [-0.05, 0) is 49.1 Å². The maximum Gasteiger partial charge on any atom is 0.257 e. The largest absolute Gasteiger partial charge is 0.493 e. The molecule has 0 radical (unpaired) electrons. The quantitative estimate of drug-likeness (QED) is 0.517. The summed E-state index contributed by atoms with van der Waals surface area (Å²) in [5.41, 5.74) is 2.48. The Morgan fingerprint density at radius 1 is 1.24 bits per heavy atom. The third-order valence-corrected chi connectivity index (χ3v) is 8.12. The molecule has 0 spiro atoms. The van der Waals surface area contributed by atoms with Crippen LogP contribution in [0.2, 0.25) is 0 Å². The molecule has 0 aromatic heterocycles. The molecule has 10 heteroatoms. The maximum absolute atomic E-state index is 13.7. The third kappa shape index (κ3) is 4.97. The van der Waals surface area contributed by atoms with Gasteiger partial charge < -0.3 is 19.7 Å². The minimum atomic E-state index is -3.43. The van der Waals surface area contributed by atoms with Gasteiger partial charge in [0.1, 0.15) is 9.84 Å². The van der Waals surface area contributed by atoms with Gasteiger partial charge in [0.25, 0.3) is 5.91 Å². The number of nitrogens with zero attached hydrogens (tertiary/aromatic N) is 1. The molecule has 1 fully saturated rings. The van der Waals surface area contributed by atoms with Crippen LogP contribution in [0.5, 0.6) is 11.5 Å². The third-order valence-electron chi connectivity index (χ3n) is 6.27. The van der Waals surface area contributed by atoms with E-state index in [0.717, 1.165) is 33.8 Å². The van der Waals surface area contributed by atoms with Crippen LogP contribution >= 0.6 is 0 Å². The van der Waals surface area contributed by atoms with E-state index in [2.05, 4.69) is 5.32 Å². The lowest BCUT2D eigenvalue weighted by Crippen LogP contribution is -2.34. The van der Waals surface area contributed by atoms with Crippen molar-refractivity contribution in [1.82, 2.24) is 4.90 Å². The van der Waals surface area contributed by atoms with Crippen LogP contribution in [0.1, 0.15) is 47.3 Å². The van der Waals surface area contributed by atoms with Crippen molar-refractivity contribution in [1.29, 1.82) is 0 Å². The summed E-state index contributed by atoms with van der Waals surface area (Å²) in [6.07, 6.45) is 2.89. The number of methoxy groups -OCH3 is 1. The molecule has 1 heterocycles. The van der Waals surface area contributed by atoms with E-state index in [1.54, 1.807) is 29.2 Å². The van der Waals surface area contributed by atoms with Crippen molar-refractivity contribution in [2.45, 2.75) is 32.4 Å². The topological polar surface area (TPSA) is 102 Å². The molecule has 182 valence electrons. The number of sulfone groups is 1. The molecule has 2 amide bonds. The zero-order valence-corrected chi connectivity index (χ0v) is 22.7. The molecular weight excluding hydrogens is 472 g/mol. The number of ether oxygens (including phenoxy) is 2. The van der Waals surface area contributed by atoms with Crippen LogP contribution in [0.4, 0.5) is 5.69 Å². The maximum atomic E-state index is 13.7. The Labute approximate surface area is 203 Å². The predicted molar refractivity (Wildman–Crippen MR) is 134 cm³/mol. The fraction of sp³-hybridized carbons (Fsp3) is 0.417. The zero-order chi connectivity index (χ0) is 24.6. The van der Waals surface area contributed by atoms with E-state index in [-0.39, 0.29) is 30.0 Å². The first-order chi connectivity index (χ1) is 16.1. The summed E-state index contributed by atoms with van der Waals surface area (Å²) in [7, 11) is -1.17. The van der Waals surface area contributed by atoms with Gasteiger partial charge in [-0.3, -0.25) is 9.59 Å². The predicted octanol–water partition coefficient (Wildman–Crippen LogP) is 1.17. The summed E-state index contributed by atoms with van der Waals surface area (Å²) in [4.78, 5) is 27.7. The summed E-state index contributed by atoms with van der Waals surface area (Å²) in [5.74, 6) is 0.455. The Bertz CT molecular complexity index is 1240. The normalized spacial score (nSPS) is 16.3. The molecule has 2 aromatic carbocycles. The van der Waals surface area contributed by atoms with Crippen LogP contribution in [0.25, 0.3) is 0 Å². The molecule has 0 saturated heterocycles. The van der Waals surface area contributed by atoms with E-state index in [0.29, 0.717) is 34.9 Å². The molecule has 0 unspecified atom stereocenters. The van der Waals surface area contributed by atoms with Crippen molar-refractivity contribution in [3.05, 3.63) is 47.0 Å². The number of benzene rings is 2. The van der Waals surface area contributed by atoms with Crippen molar-refractivity contribution < 1.29 is 27.5 Å². The van der Waals surface area contributed by atoms with E-state index in [4.69, 9.17) is 9.47 Å². The van der Waals surface area contributed by atoms with Gasteiger partial charge >= 0.3 is 0 Å². The van der Waals surface area contributed by atoms with Crippen LogP contribution in [0.3, 0.4) is 0 Å². The molecule has 0 bridgehead atoms. The molecule has 2 aliphatic rings. The summed E-state index contributed by atoms with van der Waals surface area (Å²) in [5, 5.41) is 3.98. The molecule has 34 heavy (non-hydrogen) atoms. The van der Waals surface area contributed by atoms with Crippen LogP contribution in [0, 0.1) is 5.92 Å². The Balaban J connectivity index is 1.74. The van der Waals surface area contributed by atoms with E-state index >= 15 is 0 Å². The smallest absolute Gasteiger partial charge is 0.257 e. The second-order valence-electron chi connectivity index (χ2n) is 8.93. The van der Waals surface area contributed by atoms with Crippen molar-refractivity contribution in [2.24, 2.45) is 5.92 Å². The number of carbonyl (C=O) groups excluding carboxylic acids is 2. The Hall–Kier alpha value is -2.85. The molecule has 1 saturated carbocycles. The Morgan fingerprint density at radius 2 is 1.97 bits per heavy atom. The highest BCUT2D eigenvalue weighted by atomic mass is 32.2. The Morgan fingerprint density at radius 3 is 2.59 bits per heavy atom. The lowest BCUT2D eigenvalue weighted by molar-refractivity contribution is -0.117. The fourth-order valence-corrected chi connectivity index (χ4v) is 5.86. The van der Waals surface area contributed by atoms with Crippen molar-refractivity contribution >= 4 is 42.8 Å². The number of fused-ring (bicyclic) bond motifs is 1. The lowest BCUT2D eigenvalue weighted by Gasteiger charge is -2.28. The molecular formula is C24H30N2O6SSi. The fourth-order valence-electron chi connectivity index (χ4n) is 4.34. The Kier molecular flexibility index (Phi) is 6.72. The van der Waals surface area contributed by atoms with Gasteiger partial charge in [-0.25, -0.2) is 8.42 Å². The summed E-state index contributed by atoms with van der Waals surface area (Å²) in [6.45, 7) is 2.56. The van der Waals surface area contributed by atoms with Gasteiger partial charge in [0.15, 0.2) is 11.5 Å². The second kappa shape index (κ2) is 9.42. The van der Waals surface area contributed by atoms with Crippen molar-refractivity contribution in [3.63, 3.8) is 0 Å². The van der Waals surface area contributed by atoms with Crippen molar-refractivity contribution in [3.8, 4) is 11.5 Å². The first-order valence-corrected chi connectivity index (χ1v) is 14.4. The summed E-state index contributed by atoms with van der Waals surface area (Å²) in [6, 6.07) is 8.25. The minimum absolute atomic E-state index is 0.00760. The molecule has 8 nitrogen and oxygen atoms in total. The number of hydrogen-bond acceptors (Lipinski definition) is 6. The van der Waals surface area contributed by atoms with Gasteiger partial charge in [0.05, 0.1) is 36.8 Å². The first kappa shape index (κ1) is 24.3. The van der Waals surface area contributed by atoms with Gasteiger partial charge in [-0.1, -0.05) is 17.3 Å². The van der Waals surface area contributed by atoms with Gasteiger partial charge in [0, 0.05) is 29.0 Å². The average molecular weight is 503 g/mol. The highest BCUT2D eigenvalue weighted by Crippen LogP contribution is 2.38. The van der Waals surface area contributed by atoms with E-state index < -0.39 is 15.9 Å². The van der Waals surface area contributed by atoms with Crippen LogP contribution < -0.4 is 20.0 Å². The van der Waals surface area contributed by atoms with Crippen molar-refractivity contribution in [2.75, 3.05) is 31.0 Å². The highest BCUT2D eigenvalue weighted by Gasteiger charge is 2.39. The number of nitrogens with one attached hydrogen (secondary N) is 1. The lowest BCUT2D eigenvalue weighted by atomic mass is 10.1. The number of amides is 2. The number of rotatable bonds is 9. The average Bonchev–Trinajstić information content (AvgIpc) is 3.57. The molecule has 1 aliphatic heterocycles. The van der Waals surface area contributed by atoms with E-state index in [1.807, 2.05) is 13.0 Å². The van der Waals surface area contributed by atoms with Crippen LogP contribution in [-0.4, -0.2) is 61.1 Å². The van der Waals surface area contributed by atoms with Crippen LogP contribution in [-0.2, 0) is 21.2 Å². The monoisotopic (exact) mass is 502 g/mol. The van der Waals surface area contributed by atoms with Gasteiger partial charge in [0.2, 0.25) is 5.91 Å². The zero-order valence-electron chi connectivity index (χ0n) is 19.9. The highest BCUT2D eigenvalue weighted by molar-refractivity contribution is 7.90. The standard InChI is InChI=1S/C24H30N2O6SSi/c1-4-32-20-11-15(7-9-19(20)31-2)18(13-33(3,29)30)26-12-16-21(34)10-8-17(22(16)24(26)28)25-23(27)14-5-6-14/h7-11,14,18H,4-6,12-13H2,1-3,34H3,(H,25,27)/t18-/m1/s1. The van der Waals surface area contributed by atoms with E-state index in [9.17, 15) is 18.0 Å². The summed E-state index contributed by atoms with van der Waals surface area (Å²) >= 11 is 0. The minimum Gasteiger partial charge on any atom is -0.493 e. The molecule has 1 atom stereocenters. The molecule has 2 aromatic rings. The van der Waals surface area contributed by atoms with Gasteiger partial charge in [-0.2, -0.15) is 0 Å². The first-order valence-electron chi connectivity index (χ1n) is 11.4. The van der Waals surface area contributed by atoms with Gasteiger partial charge in [-0.15, -0.1) is 0 Å². The summed E-state index contributed by atoms with van der Waals surface area (Å²) < 4.78 is 35.9. The second-order valence-corrected chi connectivity index (χ2v) is 12.2.